The topological polar surface area (TPSA) is 69.9 Å². The van der Waals surface area contributed by atoms with Crippen molar-refractivity contribution in [1.82, 2.24) is 0 Å². The quantitative estimate of drug-likeness (QED) is 0.402. The minimum absolute atomic E-state index is 0.108. The Hall–Kier alpha value is -2.18. The molecule has 0 unspecified atom stereocenters. The number of methoxy groups -OCH3 is 1. The molecule has 5 heteroatoms. The highest BCUT2D eigenvalue weighted by Gasteiger charge is 2.26. The Balaban J connectivity index is 2.19. The first-order valence-corrected chi connectivity index (χ1v) is 11.7. The molecule has 3 N–H and O–H groups in total. The number of hydrogen-bond acceptors (Lipinski definition) is 5. The Morgan fingerprint density at radius 1 is 0.871 bits per heavy atom. The molecule has 1 aromatic heterocycles. The summed E-state index contributed by atoms with van der Waals surface area (Å²) in [6.45, 7) is 5.91. The number of benzene rings is 2. The van der Waals surface area contributed by atoms with Crippen molar-refractivity contribution in [2.45, 2.75) is 58.8 Å². The van der Waals surface area contributed by atoms with Crippen LogP contribution in [0, 0.1) is 0 Å². The van der Waals surface area contributed by atoms with Crippen LogP contribution in [-0.4, -0.2) is 22.4 Å². The van der Waals surface area contributed by atoms with Crippen molar-refractivity contribution in [3.8, 4) is 27.3 Å². The van der Waals surface area contributed by atoms with Crippen LogP contribution in [0.2, 0.25) is 0 Å². The maximum absolute atomic E-state index is 11.0. The largest absolute Gasteiger partial charge is 0.487 e. The van der Waals surface area contributed by atoms with Gasteiger partial charge in [0, 0.05) is 16.5 Å². The lowest BCUT2D eigenvalue weighted by Gasteiger charge is -2.27. The van der Waals surface area contributed by atoms with Gasteiger partial charge in [0.25, 0.3) is 0 Å². The van der Waals surface area contributed by atoms with Gasteiger partial charge in [0.1, 0.15) is 0 Å². The lowest BCUT2D eigenvalue weighted by atomic mass is 9.84. The van der Waals surface area contributed by atoms with Gasteiger partial charge in [-0.05, 0) is 58.7 Å². The number of aliphatic hydroxyl groups is 3. The highest BCUT2D eigenvalue weighted by atomic mass is 32.1. The Labute approximate surface area is 188 Å². The van der Waals surface area contributed by atoms with Crippen molar-refractivity contribution in [2.75, 3.05) is 7.11 Å². The molecule has 4 nitrogen and oxygen atoms in total. The van der Waals surface area contributed by atoms with E-state index in [4.69, 9.17) is 4.74 Å². The van der Waals surface area contributed by atoms with Crippen molar-refractivity contribution >= 4 is 11.3 Å². The molecule has 0 radical (unpaired) electrons. The molecule has 0 aliphatic rings. The zero-order valence-corrected chi connectivity index (χ0v) is 19.6. The number of ether oxygens (including phenoxy) is 1. The second-order valence-electron chi connectivity index (χ2n) is 7.78. The predicted octanol–water partition coefficient (Wildman–Crippen LogP) is 5.65. The van der Waals surface area contributed by atoms with Crippen molar-refractivity contribution in [2.24, 2.45) is 0 Å². The van der Waals surface area contributed by atoms with E-state index < -0.39 is 5.60 Å². The van der Waals surface area contributed by atoms with Gasteiger partial charge >= 0.3 is 0 Å². The van der Waals surface area contributed by atoms with Gasteiger partial charge < -0.3 is 20.1 Å². The summed E-state index contributed by atoms with van der Waals surface area (Å²) < 4.78 is 5.68. The summed E-state index contributed by atoms with van der Waals surface area (Å²) in [7, 11) is 1.67. The van der Waals surface area contributed by atoms with E-state index in [-0.39, 0.29) is 13.2 Å². The molecule has 3 aromatic rings. The number of aliphatic hydroxyl groups excluding tert-OH is 2. The van der Waals surface area contributed by atoms with E-state index in [0.717, 1.165) is 44.9 Å². The van der Waals surface area contributed by atoms with E-state index in [2.05, 4.69) is 24.4 Å². The second kappa shape index (κ2) is 9.96. The molecular formula is C26H32O4S. The van der Waals surface area contributed by atoms with E-state index in [1.165, 1.54) is 5.56 Å². The predicted molar refractivity (Wildman–Crippen MR) is 127 cm³/mol. The van der Waals surface area contributed by atoms with Crippen molar-refractivity contribution < 1.29 is 20.1 Å². The molecule has 0 atom stereocenters. The van der Waals surface area contributed by atoms with Crippen molar-refractivity contribution in [3.63, 3.8) is 0 Å². The van der Waals surface area contributed by atoms with Crippen LogP contribution in [0.1, 0.15) is 55.9 Å². The van der Waals surface area contributed by atoms with Crippen LogP contribution in [0.25, 0.3) is 22.3 Å². The first kappa shape index (κ1) is 23.5. The lowest BCUT2D eigenvalue weighted by molar-refractivity contribution is 0.0283. The molecule has 0 aliphatic carbocycles. The molecule has 1 heterocycles. The Bertz CT molecular complexity index is 1030. The van der Waals surface area contributed by atoms with E-state index in [1.807, 2.05) is 38.1 Å². The van der Waals surface area contributed by atoms with E-state index in [0.29, 0.717) is 18.4 Å². The van der Waals surface area contributed by atoms with Gasteiger partial charge in [-0.2, -0.15) is 0 Å². The fraction of sp³-hybridized carbons (Fsp3) is 0.385. The summed E-state index contributed by atoms with van der Waals surface area (Å²) in [6.07, 6.45) is 2.19. The normalized spacial score (nSPS) is 11.7. The molecule has 31 heavy (non-hydrogen) atoms. The first-order chi connectivity index (χ1) is 15.0. The highest BCUT2D eigenvalue weighted by molar-refractivity contribution is 7.13. The third kappa shape index (κ3) is 4.41. The number of hydrogen-bond donors (Lipinski definition) is 3. The molecule has 2 aromatic carbocycles. The Morgan fingerprint density at radius 2 is 1.58 bits per heavy atom. The molecule has 0 saturated carbocycles. The molecule has 0 amide bonds. The number of thiophene rings is 1. The minimum atomic E-state index is -0.812. The third-order valence-corrected chi connectivity index (χ3v) is 7.20. The van der Waals surface area contributed by atoms with Crippen LogP contribution >= 0.6 is 11.3 Å². The average Bonchev–Trinajstić information content (AvgIpc) is 3.26. The van der Waals surface area contributed by atoms with Gasteiger partial charge in [-0.15, -0.1) is 11.3 Å². The fourth-order valence-corrected chi connectivity index (χ4v) is 5.05. The van der Waals surface area contributed by atoms with E-state index in [1.54, 1.807) is 18.4 Å². The summed E-state index contributed by atoms with van der Waals surface area (Å²) in [5.41, 5.74) is 6.86. The average molecular weight is 441 g/mol. The SMILES string of the molecule is CCc1cc(C(O)(CC)CC)ccc1-c1csc(OC)c1-c1ccc(CO)c(CO)c1. The first-order valence-electron chi connectivity index (χ1n) is 10.8. The summed E-state index contributed by atoms with van der Waals surface area (Å²) in [5, 5.41) is 33.2. The van der Waals surface area contributed by atoms with Crippen LogP contribution < -0.4 is 4.74 Å². The van der Waals surface area contributed by atoms with Gasteiger partial charge in [0.15, 0.2) is 5.06 Å². The smallest absolute Gasteiger partial charge is 0.181 e. The van der Waals surface area contributed by atoms with Gasteiger partial charge in [0.2, 0.25) is 0 Å². The molecule has 0 bridgehead atoms. The summed E-state index contributed by atoms with van der Waals surface area (Å²) >= 11 is 1.54. The Morgan fingerprint density at radius 3 is 2.16 bits per heavy atom. The molecule has 3 rings (SSSR count). The van der Waals surface area contributed by atoms with Gasteiger partial charge in [-0.25, -0.2) is 0 Å². The summed E-state index contributed by atoms with van der Waals surface area (Å²) in [4.78, 5) is 0. The molecule has 0 saturated heterocycles. The number of aryl methyl sites for hydroxylation is 1. The number of rotatable bonds is 9. The van der Waals surface area contributed by atoms with Crippen molar-refractivity contribution in [3.05, 3.63) is 64.0 Å². The van der Waals surface area contributed by atoms with Gasteiger partial charge in [-0.1, -0.05) is 51.1 Å². The molecule has 0 aliphatic heterocycles. The van der Waals surface area contributed by atoms with E-state index >= 15 is 0 Å². The summed E-state index contributed by atoms with van der Waals surface area (Å²) in [6, 6.07) is 12.0. The molecular weight excluding hydrogens is 408 g/mol. The maximum atomic E-state index is 11.0. The summed E-state index contributed by atoms with van der Waals surface area (Å²) in [5.74, 6) is 0. The van der Waals surface area contributed by atoms with Crippen LogP contribution in [0.3, 0.4) is 0 Å². The second-order valence-corrected chi connectivity index (χ2v) is 8.62. The van der Waals surface area contributed by atoms with Crippen LogP contribution in [0.5, 0.6) is 5.06 Å². The van der Waals surface area contributed by atoms with Gasteiger partial charge in [-0.3, -0.25) is 0 Å². The molecule has 0 fully saturated rings. The van der Waals surface area contributed by atoms with E-state index in [9.17, 15) is 15.3 Å². The van der Waals surface area contributed by atoms with Gasteiger partial charge in [0.05, 0.1) is 25.9 Å². The van der Waals surface area contributed by atoms with Crippen LogP contribution in [0.15, 0.2) is 41.8 Å². The molecule has 166 valence electrons. The Kier molecular flexibility index (Phi) is 7.55. The minimum Gasteiger partial charge on any atom is -0.487 e. The standard InChI is InChI=1S/C26H32O4S/c1-5-17-13-21(26(29,6-2)7-3)10-11-22(17)23-16-31-25(30-4)24(23)18-8-9-19(14-27)20(12-18)15-28/h8-13,16,27-29H,5-7,14-15H2,1-4H3. The van der Waals surface area contributed by atoms with Crippen LogP contribution in [0.4, 0.5) is 0 Å². The van der Waals surface area contributed by atoms with Crippen LogP contribution in [-0.2, 0) is 25.2 Å². The van der Waals surface area contributed by atoms with Crippen molar-refractivity contribution in [1.29, 1.82) is 0 Å². The highest BCUT2D eigenvalue weighted by Crippen LogP contribution is 2.46. The third-order valence-electron chi connectivity index (χ3n) is 6.26. The maximum Gasteiger partial charge on any atom is 0.181 e. The molecule has 0 spiro atoms. The lowest BCUT2D eigenvalue weighted by Crippen LogP contribution is -2.23. The zero-order chi connectivity index (χ0) is 22.6. The monoisotopic (exact) mass is 440 g/mol. The fourth-order valence-electron chi connectivity index (χ4n) is 4.14. The zero-order valence-electron chi connectivity index (χ0n) is 18.7.